The highest BCUT2D eigenvalue weighted by Crippen LogP contribution is 2.20. The Labute approximate surface area is 127 Å². The summed E-state index contributed by atoms with van der Waals surface area (Å²) < 4.78 is 13.8. The van der Waals surface area contributed by atoms with E-state index < -0.39 is 0 Å². The second-order valence-electron chi connectivity index (χ2n) is 5.84. The molecule has 2 N–H and O–H groups in total. The van der Waals surface area contributed by atoms with Crippen molar-refractivity contribution in [2.75, 3.05) is 44.2 Å². The van der Waals surface area contributed by atoms with E-state index in [4.69, 9.17) is 5.73 Å². The van der Waals surface area contributed by atoms with Crippen molar-refractivity contribution in [3.05, 3.63) is 30.1 Å². The second kappa shape index (κ2) is 9.00. The largest absolute Gasteiger partial charge is 0.367 e. The smallest absolute Gasteiger partial charge is 0.146 e. The van der Waals surface area contributed by atoms with Crippen LogP contribution in [0.15, 0.2) is 24.3 Å². The molecule has 21 heavy (non-hydrogen) atoms. The van der Waals surface area contributed by atoms with Crippen LogP contribution in [0.3, 0.4) is 0 Å². The highest BCUT2D eigenvalue weighted by Gasteiger charge is 2.18. The fraction of sp³-hybridized carbons (Fsp3) is 0.647. The minimum Gasteiger partial charge on any atom is -0.367 e. The molecule has 4 heteroatoms. The first-order chi connectivity index (χ1) is 10.3. The minimum atomic E-state index is -0.106. The van der Waals surface area contributed by atoms with Gasteiger partial charge in [0.05, 0.1) is 5.69 Å². The van der Waals surface area contributed by atoms with Gasteiger partial charge >= 0.3 is 0 Å². The maximum atomic E-state index is 13.8. The lowest BCUT2D eigenvalue weighted by Crippen LogP contribution is -2.46. The van der Waals surface area contributed by atoms with Crippen LogP contribution in [0.25, 0.3) is 0 Å². The van der Waals surface area contributed by atoms with Crippen molar-refractivity contribution in [3.8, 4) is 0 Å². The molecule has 0 bridgehead atoms. The van der Waals surface area contributed by atoms with Crippen LogP contribution < -0.4 is 10.6 Å². The van der Waals surface area contributed by atoms with Gasteiger partial charge in [0.2, 0.25) is 0 Å². The number of nitrogens with zero attached hydrogens (tertiary/aromatic N) is 2. The average Bonchev–Trinajstić information content (AvgIpc) is 2.52. The van der Waals surface area contributed by atoms with Crippen LogP contribution in [0.2, 0.25) is 0 Å². The van der Waals surface area contributed by atoms with Crippen molar-refractivity contribution in [1.29, 1.82) is 0 Å². The van der Waals surface area contributed by atoms with E-state index in [9.17, 15) is 4.39 Å². The number of hydrogen-bond donors (Lipinski definition) is 1. The van der Waals surface area contributed by atoms with Gasteiger partial charge in [-0.1, -0.05) is 31.4 Å². The van der Waals surface area contributed by atoms with Gasteiger partial charge in [0.15, 0.2) is 0 Å². The summed E-state index contributed by atoms with van der Waals surface area (Å²) in [5, 5.41) is 0. The molecule has 0 aliphatic carbocycles. The van der Waals surface area contributed by atoms with E-state index in [-0.39, 0.29) is 5.82 Å². The molecular formula is C17H28FN3. The Hall–Kier alpha value is -1.13. The highest BCUT2D eigenvalue weighted by atomic mass is 19.1. The summed E-state index contributed by atoms with van der Waals surface area (Å²) in [6.07, 6.45) is 6.28. The van der Waals surface area contributed by atoms with Crippen LogP contribution >= 0.6 is 0 Å². The summed E-state index contributed by atoms with van der Waals surface area (Å²) in [6.45, 7) is 5.92. The molecule has 1 aliphatic heterocycles. The average molecular weight is 293 g/mol. The second-order valence-corrected chi connectivity index (χ2v) is 5.84. The van der Waals surface area contributed by atoms with Crippen LogP contribution in [0.1, 0.15) is 32.1 Å². The molecule has 1 aromatic rings. The SMILES string of the molecule is NCCCCCCCN1CCN(c2ccccc2F)CC1. The van der Waals surface area contributed by atoms with Gasteiger partial charge in [0.1, 0.15) is 5.82 Å². The van der Waals surface area contributed by atoms with Gasteiger partial charge < -0.3 is 10.6 Å². The summed E-state index contributed by atoms with van der Waals surface area (Å²) in [4.78, 5) is 4.66. The Bertz CT molecular complexity index is 403. The Kier molecular flexibility index (Phi) is 6.96. The van der Waals surface area contributed by atoms with Crippen LogP contribution in [-0.2, 0) is 0 Å². The Morgan fingerprint density at radius 2 is 1.57 bits per heavy atom. The number of para-hydroxylation sites is 1. The van der Waals surface area contributed by atoms with Crippen molar-refractivity contribution in [3.63, 3.8) is 0 Å². The number of benzene rings is 1. The van der Waals surface area contributed by atoms with Crippen molar-refractivity contribution >= 4 is 5.69 Å². The molecule has 1 aromatic carbocycles. The van der Waals surface area contributed by atoms with Gasteiger partial charge in [-0.3, -0.25) is 4.90 Å². The van der Waals surface area contributed by atoms with Crippen LogP contribution in [0.4, 0.5) is 10.1 Å². The molecule has 2 rings (SSSR count). The van der Waals surface area contributed by atoms with E-state index >= 15 is 0 Å². The van der Waals surface area contributed by atoms with E-state index in [0.29, 0.717) is 0 Å². The quantitative estimate of drug-likeness (QED) is 0.748. The number of unbranched alkanes of at least 4 members (excludes halogenated alkanes) is 4. The number of anilines is 1. The van der Waals surface area contributed by atoms with Crippen molar-refractivity contribution in [1.82, 2.24) is 4.90 Å². The minimum absolute atomic E-state index is 0.106. The van der Waals surface area contributed by atoms with E-state index in [1.54, 1.807) is 12.1 Å². The Balaban J connectivity index is 1.63. The summed E-state index contributed by atoms with van der Waals surface area (Å²) in [5.74, 6) is -0.106. The molecule has 118 valence electrons. The molecule has 0 atom stereocenters. The van der Waals surface area contributed by atoms with E-state index in [1.165, 1.54) is 32.2 Å². The topological polar surface area (TPSA) is 32.5 Å². The summed E-state index contributed by atoms with van der Waals surface area (Å²) in [7, 11) is 0. The third-order valence-corrected chi connectivity index (χ3v) is 4.24. The number of halogens is 1. The van der Waals surface area contributed by atoms with Crippen molar-refractivity contribution < 1.29 is 4.39 Å². The van der Waals surface area contributed by atoms with Gasteiger partial charge in [-0.2, -0.15) is 0 Å². The van der Waals surface area contributed by atoms with Crippen LogP contribution in [0.5, 0.6) is 0 Å². The third kappa shape index (κ3) is 5.29. The summed E-state index contributed by atoms with van der Waals surface area (Å²) in [5.41, 5.74) is 6.24. The molecule has 1 saturated heterocycles. The molecule has 1 aliphatic rings. The predicted molar refractivity (Wildman–Crippen MR) is 87.2 cm³/mol. The zero-order chi connectivity index (χ0) is 14.9. The fourth-order valence-corrected chi connectivity index (χ4v) is 2.93. The zero-order valence-corrected chi connectivity index (χ0v) is 12.9. The third-order valence-electron chi connectivity index (χ3n) is 4.24. The molecule has 0 aromatic heterocycles. The lowest BCUT2D eigenvalue weighted by atomic mass is 10.1. The maximum absolute atomic E-state index is 13.8. The molecule has 1 fully saturated rings. The Morgan fingerprint density at radius 3 is 2.29 bits per heavy atom. The first-order valence-electron chi connectivity index (χ1n) is 8.23. The van der Waals surface area contributed by atoms with E-state index in [0.717, 1.165) is 44.8 Å². The van der Waals surface area contributed by atoms with Gasteiger partial charge in [-0.05, 0) is 38.1 Å². The number of nitrogens with two attached hydrogens (primary N) is 1. The van der Waals surface area contributed by atoms with Crippen molar-refractivity contribution in [2.24, 2.45) is 5.73 Å². The molecule has 0 radical (unpaired) electrons. The molecule has 0 spiro atoms. The van der Waals surface area contributed by atoms with Gasteiger partial charge in [-0.25, -0.2) is 4.39 Å². The summed E-state index contributed by atoms with van der Waals surface area (Å²) in [6, 6.07) is 7.08. The molecule has 0 unspecified atom stereocenters. The number of piperazine rings is 1. The van der Waals surface area contributed by atoms with Gasteiger partial charge in [0, 0.05) is 26.2 Å². The van der Waals surface area contributed by atoms with Gasteiger partial charge in [-0.15, -0.1) is 0 Å². The molecule has 0 saturated carbocycles. The molecule has 3 nitrogen and oxygen atoms in total. The van der Waals surface area contributed by atoms with E-state index in [1.807, 2.05) is 12.1 Å². The molecule has 0 amide bonds. The van der Waals surface area contributed by atoms with Crippen molar-refractivity contribution in [2.45, 2.75) is 32.1 Å². The normalized spacial score (nSPS) is 16.4. The lowest BCUT2D eigenvalue weighted by Gasteiger charge is -2.36. The van der Waals surface area contributed by atoms with E-state index in [2.05, 4.69) is 9.80 Å². The predicted octanol–water partition coefficient (Wildman–Crippen LogP) is 2.86. The summed E-state index contributed by atoms with van der Waals surface area (Å²) >= 11 is 0. The standard InChI is InChI=1S/C17H28FN3/c18-16-8-4-5-9-17(16)21-14-12-20(13-15-21)11-7-3-1-2-6-10-19/h4-5,8-9H,1-3,6-7,10-15,19H2. The molecule has 1 heterocycles. The lowest BCUT2D eigenvalue weighted by molar-refractivity contribution is 0.251. The van der Waals surface area contributed by atoms with Crippen LogP contribution in [0, 0.1) is 5.82 Å². The van der Waals surface area contributed by atoms with Crippen LogP contribution in [-0.4, -0.2) is 44.2 Å². The first-order valence-corrected chi connectivity index (χ1v) is 8.23. The monoisotopic (exact) mass is 293 g/mol. The fourth-order valence-electron chi connectivity index (χ4n) is 2.93. The highest BCUT2D eigenvalue weighted by molar-refractivity contribution is 5.47. The Morgan fingerprint density at radius 1 is 0.905 bits per heavy atom. The maximum Gasteiger partial charge on any atom is 0.146 e. The van der Waals surface area contributed by atoms with Gasteiger partial charge in [0.25, 0.3) is 0 Å². The first kappa shape index (κ1) is 16.2. The molecular weight excluding hydrogens is 265 g/mol. The number of hydrogen-bond acceptors (Lipinski definition) is 3. The number of rotatable bonds is 8. The zero-order valence-electron chi connectivity index (χ0n) is 12.9.